The fraction of sp³-hybridized carbons (Fsp3) is 0.400. The summed E-state index contributed by atoms with van der Waals surface area (Å²) in [5.74, 6) is 0.242. The maximum Gasteiger partial charge on any atom is 0.254 e. The summed E-state index contributed by atoms with van der Waals surface area (Å²) in [6, 6.07) is 21.9. The quantitative estimate of drug-likeness (QED) is 0.339. The summed E-state index contributed by atoms with van der Waals surface area (Å²) in [5.41, 5.74) is 3.95. The second kappa shape index (κ2) is 13.6. The molecule has 0 fully saturated rings. The number of methoxy groups -OCH3 is 1. The highest BCUT2D eigenvalue weighted by molar-refractivity contribution is 5.96. The van der Waals surface area contributed by atoms with Crippen molar-refractivity contribution in [2.45, 2.75) is 40.3 Å². The van der Waals surface area contributed by atoms with Crippen molar-refractivity contribution in [2.24, 2.45) is 5.92 Å². The van der Waals surface area contributed by atoms with Crippen molar-refractivity contribution < 1.29 is 14.3 Å². The van der Waals surface area contributed by atoms with Gasteiger partial charge in [0.2, 0.25) is 5.91 Å². The molecule has 0 aliphatic rings. The smallest absolute Gasteiger partial charge is 0.254 e. The Kier molecular flexibility index (Phi) is 10.3. The highest BCUT2D eigenvalue weighted by Gasteiger charge is 2.23. The van der Waals surface area contributed by atoms with Crippen LogP contribution in [0.25, 0.3) is 0 Å². The van der Waals surface area contributed by atoms with E-state index < -0.39 is 0 Å². The Morgan fingerprint density at radius 1 is 0.917 bits per heavy atom. The molecule has 6 heteroatoms. The number of carbonyl (C=O) groups is 2. The molecule has 0 saturated carbocycles. The number of aromatic nitrogens is 1. The molecule has 0 saturated heterocycles. The van der Waals surface area contributed by atoms with Crippen LogP contribution in [0.3, 0.4) is 0 Å². The molecule has 36 heavy (non-hydrogen) atoms. The van der Waals surface area contributed by atoms with Crippen LogP contribution in [0, 0.1) is 12.8 Å². The molecule has 2 amide bonds. The van der Waals surface area contributed by atoms with Crippen molar-refractivity contribution in [3.8, 4) is 0 Å². The first-order valence-corrected chi connectivity index (χ1v) is 12.7. The molecule has 3 rings (SSSR count). The lowest BCUT2D eigenvalue weighted by Crippen LogP contribution is -2.44. The molecule has 0 atom stereocenters. The van der Waals surface area contributed by atoms with E-state index in [4.69, 9.17) is 4.74 Å². The van der Waals surface area contributed by atoms with Crippen LogP contribution in [0.5, 0.6) is 0 Å². The average molecular weight is 490 g/mol. The number of amides is 2. The first-order valence-electron chi connectivity index (χ1n) is 12.7. The van der Waals surface area contributed by atoms with E-state index in [1.165, 1.54) is 5.56 Å². The minimum atomic E-state index is -0.108. The summed E-state index contributed by atoms with van der Waals surface area (Å²) in [4.78, 5) is 30.4. The van der Waals surface area contributed by atoms with E-state index in [0.29, 0.717) is 37.7 Å². The monoisotopic (exact) mass is 489 g/mol. The van der Waals surface area contributed by atoms with Gasteiger partial charge < -0.3 is 19.1 Å². The van der Waals surface area contributed by atoms with Crippen molar-refractivity contribution in [1.29, 1.82) is 0 Å². The van der Waals surface area contributed by atoms with Gasteiger partial charge in [0.25, 0.3) is 5.91 Å². The first-order chi connectivity index (χ1) is 17.4. The number of hydrogen-bond acceptors (Lipinski definition) is 3. The minimum absolute atomic E-state index is 0.0442. The SMILES string of the molecule is COCCN(Cc1cccn1Cc1ccccc1)C(=O)CN(CCC(C)C)C(=O)c1ccc(C)cc1. The van der Waals surface area contributed by atoms with E-state index in [2.05, 4.69) is 30.5 Å². The van der Waals surface area contributed by atoms with Gasteiger partial charge in [-0.15, -0.1) is 0 Å². The van der Waals surface area contributed by atoms with Gasteiger partial charge in [0.05, 0.1) is 13.2 Å². The number of carbonyl (C=O) groups excluding carboxylic acids is 2. The molecule has 0 N–H and O–H groups in total. The second-order valence-electron chi connectivity index (χ2n) is 9.70. The van der Waals surface area contributed by atoms with E-state index in [1.807, 2.05) is 67.7 Å². The third-order valence-electron chi connectivity index (χ3n) is 6.28. The topological polar surface area (TPSA) is 54.8 Å². The van der Waals surface area contributed by atoms with E-state index in [-0.39, 0.29) is 18.4 Å². The molecule has 0 spiro atoms. The van der Waals surface area contributed by atoms with Crippen LogP contribution in [0.2, 0.25) is 0 Å². The fourth-order valence-corrected chi connectivity index (χ4v) is 4.02. The summed E-state index contributed by atoms with van der Waals surface area (Å²) in [6.07, 6.45) is 2.88. The molecule has 0 unspecified atom stereocenters. The Hall–Kier alpha value is -3.38. The van der Waals surface area contributed by atoms with Gasteiger partial charge in [-0.05, 0) is 49.1 Å². The Bertz CT molecular complexity index is 1090. The third kappa shape index (κ3) is 8.09. The van der Waals surface area contributed by atoms with Crippen molar-refractivity contribution in [1.82, 2.24) is 14.4 Å². The van der Waals surface area contributed by atoms with Gasteiger partial charge in [0.15, 0.2) is 0 Å². The predicted octanol–water partition coefficient (Wildman–Crippen LogP) is 5.01. The normalized spacial score (nSPS) is 11.0. The zero-order valence-corrected chi connectivity index (χ0v) is 22.0. The summed E-state index contributed by atoms with van der Waals surface area (Å²) in [7, 11) is 1.64. The Morgan fingerprint density at radius 3 is 2.31 bits per heavy atom. The number of nitrogens with zero attached hydrogens (tertiary/aromatic N) is 3. The summed E-state index contributed by atoms with van der Waals surface area (Å²) in [5, 5.41) is 0. The molecule has 192 valence electrons. The fourth-order valence-electron chi connectivity index (χ4n) is 4.02. The van der Waals surface area contributed by atoms with Gasteiger partial charge in [0, 0.05) is 44.2 Å². The van der Waals surface area contributed by atoms with E-state index >= 15 is 0 Å². The summed E-state index contributed by atoms with van der Waals surface area (Å²) in [6.45, 7) is 8.92. The number of ether oxygens (including phenoxy) is 1. The van der Waals surface area contributed by atoms with Crippen LogP contribution in [0.4, 0.5) is 0 Å². The third-order valence-corrected chi connectivity index (χ3v) is 6.28. The highest BCUT2D eigenvalue weighted by atomic mass is 16.5. The molecule has 0 aliphatic heterocycles. The van der Waals surface area contributed by atoms with Crippen molar-refractivity contribution >= 4 is 11.8 Å². The summed E-state index contributed by atoms with van der Waals surface area (Å²) >= 11 is 0. The minimum Gasteiger partial charge on any atom is -0.383 e. The average Bonchev–Trinajstić information content (AvgIpc) is 3.31. The largest absolute Gasteiger partial charge is 0.383 e. The van der Waals surface area contributed by atoms with Gasteiger partial charge in [-0.2, -0.15) is 0 Å². The van der Waals surface area contributed by atoms with Crippen LogP contribution < -0.4 is 0 Å². The molecular formula is C30H39N3O3. The van der Waals surface area contributed by atoms with Gasteiger partial charge >= 0.3 is 0 Å². The Labute approximate surface area is 215 Å². The lowest BCUT2D eigenvalue weighted by molar-refractivity contribution is -0.133. The van der Waals surface area contributed by atoms with Crippen LogP contribution >= 0.6 is 0 Å². The number of hydrogen-bond donors (Lipinski definition) is 0. The second-order valence-corrected chi connectivity index (χ2v) is 9.70. The zero-order valence-electron chi connectivity index (χ0n) is 22.0. The van der Waals surface area contributed by atoms with Crippen LogP contribution in [0.1, 0.15) is 47.4 Å². The van der Waals surface area contributed by atoms with Crippen molar-refractivity contribution in [3.63, 3.8) is 0 Å². The van der Waals surface area contributed by atoms with E-state index in [0.717, 1.165) is 24.2 Å². The molecule has 2 aromatic carbocycles. The van der Waals surface area contributed by atoms with Gasteiger partial charge in [-0.25, -0.2) is 0 Å². The Morgan fingerprint density at radius 2 is 1.64 bits per heavy atom. The predicted molar refractivity (Wildman–Crippen MR) is 144 cm³/mol. The number of rotatable bonds is 13. The maximum absolute atomic E-state index is 13.6. The molecule has 6 nitrogen and oxygen atoms in total. The van der Waals surface area contributed by atoms with Gasteiger partial charge in [-0.1, -0.05) is 61.9 Å². The van der Waals surface area contributed by atoms with Crippen molar-refractivity contribution in [3.05, 3.63) is 95.3 Å². The van der Waals surface area contributed by atoms with E-state index in [1.54, 1.807) is 16.9 Å². The standard InChI is InChI=1S/C30H39N3O3/c1-24(2)16-18-33(30(35)27-14-12-25(3)13-15-27)23-29(34)32(19-20-36-4)22-28-11-8-17-31(28)21-26-9-6-5-7-10-26/h5-15,17,24H,16,18-23H2,1-4H3. The zero-order chi connectivity index (χ0) is 25.9. The summed E-state index contributed by atoms with van der Waals surface area (Å²) < 4.78 is 7.46. The lowest BCUT2D eigenvalue weighted by atomic mass is 10.1. The molecule has 1 aromatic heterocycles. The molecule has 1 heterocycles. The number of aryl methyl sites for hydroxylation is 1. The van der Waals surface area contributed by atoms with Crippen molar-refractivity contribution in [2.75, 3.05) is 33.4 Å². The molecule has 0 bridgehead atoms. The lowest BCUT2D eigenvalue weighted by Gasteiger charge is -2.28. The highest BCUT2D eigenvalue weighted by Crippen LogP contribution is 2.14. The Balaban J connectivity index is 1.76. The van der Waals surface area contributed by atoms with Crippen LogP contribution in [-0.4, -0.2) is 59.5 Å². The van der Waals surface area contributed by atoms with Gasteiger partial charge in [-0.3, -0.25) is 9.59 Å². The molecule has 0 aliphatic carbocycles. The molecular weight excluding hydrogens is 450 g/mol. The van der Waals surface area contributed by atoms with Gasteiger partial charge in [0.1, 0.15) is 6.54 Å². The van der Waals surface area contributed by atoms with Crippen LogP contribution in [0.15, 0.2) is 72.9 Å². The molecule has 0 radical (unpaired) electrons. The maximum atomic E-state index is 13.6. The van der Waals surface area contributed by atoms with Crippen LogP contribution in [-0.2, 0) is 22.6 Å². The number of benzene rings is 2. The molecule has 3 aromatic rings. The van der Waals surface area contributed by atoms with E-state index in [9.17, 15) is 9.59 Å². The first kappa shape index (κ1) is 27.2.